The highest BCUT2D eigenvalue weighted by Crippen LogP contribution is 2.18. The quantitative estimate of drug-likeness (QED) is 0.656. The molecule has 0 aromatic carbocycles. The van der Waals surface area contributed by atoms with Gasteiger partial charge in [-0.05, 0) is 19.3 Å². The topological polar surface area (TPSA) is 41.1 Å². The van der Waals surface area contributed by atoms with Crippen LogP contribution in [0.15, 0.2) is 0 Å². The third-order valence-corrected chi connectivity index (χ3v) is 2.93. The van der Waals surface area contributed by atoms with Crippen molar-refractivity contribution < 1.29 is 4.79 Å². The molecule has 0 heterocycles. The molecule has 1 amide bonds. The van der Waals surface area contributed by atoms with Crippen LogP contribution >= 0.6 is 0 Å². The van der Waals surface area contributed by atoms with Crippen LogP contribution in [0.2, 0.25) is 0 Å². The predicted molar refractivity (Wildman–Crippen MR) is 55.7 cm³/mol. The maximum absolute atomic E-state index is 11.0. The second-order valence-corrected chi connectivity index (χ2v) is 3.37. The van der Waals surface area contributed by atoms with Crippen LogP contribution < -0.4 is 10.6 Å². The zero-order valence-electron chi connectivity index (χ0n) is 9.24. The van der Waals surface area contributed by atoms with Gasteiger partial charge in [-0.3, -0.25) is 4.79 Å². The van der Waals surface area contributed by atoms with Crippen LogP contribution in [-0.4, -0.2) is 25.0 Å². The summed E-state index contributed by atoms with van der Waals surface area (Å²) in [4.78, 5) is 11.0. The van der Waals surface area contributed by atoms with E-state index in [-0.39, 0.29) is 11.4 Å². The number of nitrogens with one attached hydrogen (secondary N) is 2. The average molecular weight is 186 g/mol. The highest BCUT2D eigenvalue weighted by atomic mass is 16.1. The molecule has 13 heavy (non-hydrogen) atoms. The molecule has 0 rings (SSSR count). The molecule has 0 aromatic rings. The van der Waals surface area contributed by atoms with Crippen molar-refractivity contribution in [1.29, 1.82) is 0 Å². The SMILES string of the molecule is CCC(CC)(CC)NCC(=O)NC. The Labute approximate surface area is 81.3 Å². The summed E-state index contributed by atoms with van der Waals surface area (Å²) in [5.41, 5.74) is 0.145. The monoisotopic (exact) mass is 186 g/mol. The number of hydrogen-bond donors (Lipinski definition) is 2. The van der Waals surface area contributed by atoms with Crippen molar-refractivity contribution in [3.05, 3.63) is 0 Å². The van der Waals surface area contributed by atoms with Crippen molar-refractivity contribution in [3.63, 3.8) is 0 Å². The maximum atomic E-state index is 11.0. The first-order valence-corrected chi connectivity index (χ1v) is 5.09. The molecule has 0 radical (unpaired) electrons. The van der Waals surface area contributed by atoms with Crippen molar-refractivity contribution in [1.82, 2.24) is 10.6 Å². The molecule has 0 aromatic heterocycles. The number of carbonyl (C=O) groups excluding carboxylic acids is 1. The summed E-state index contributed by atoms with van der Waals surface area (Å²) in [6, 6.07) is 0. The van der Waals surface area contributed by atoms with Gasteiger partial charge >= 0.3 is 0 Å². The molecule has 3 heteroatoms. The lowest BCUT2D eigenvalue weighted by Gasteiger charge is -2.31. The van der Waals surface area contributed by atoms with E-state index in [0.717, 1.165) is 19.3 Å². The van der Waals surface area contributed by atoms with Crippen molar-refractivity contribution >= 4 is 5.91 Å². The average Bonchev–Trinajstić information content (AvgIpc) is 2.20. The Hall–Kier alpha value is -0.570. The van der Waals surface area contributed by atoms with Gasteiger partial charge in [-0.25, -0.2) is 0 Å². The molecular weight excluding hydrogens is 164 g/mol. The Kier molecular flexibility index (Phi) is 5.71. The van der Waals surface area contributed by atoms with Crippen LogP contribution in [0, 0.1) is 0 Å². The predicted octanol–water partition coefficient (Wildman–Crippen LogP) is 1.29. The largest absolute Gasteiger partial charge is 0.358 e. The van der Waals surface area contributed by atoms with Gasteiger partial charge in [-0.2, -0.15) is 0 Å². The van der Waals surface area contributed by atoms with E-state index >= 15 is 0 Å². The van der Waals surface area contributed by atoms with Crippen LogP contribution in [0.25, 0.3) is 0 Å². The lowest BCUT2D eigenvalue weighted by Crippen LogP contribution is -2.47. The van der Waals surface area contributed by atoms with Gasteiger partial charge in [0, 0.05) is 12.6 Å². The zero-order chi connectivity index (χ0) is 10.3. The van der Waals surface area contributed by atoms with Crippen molar-refractivity contribution in [3.8, 4) is 0 Å². The lowest BCUT2D eigenvalue weighted by molar-refractivity contribution is -0.120. The minimum atomic E-state index is 0.0553. The van der Waals surface area contributed by atoms with E-state index in [9.17, 15) is 4.79 Å². The molecule has 0 aliphatic heterocycles. The van der Waals surface area contributed by atoms with Crippen LogP contribution in [0.3, 0.4) is 0 Å². The highest BCUT2D eigenvalue weighted by molar-refractivity contribution is 5.77. The molecule has 0 unspecified atom stereocenters. The van der Waals surface area contributed by atoms with E-state index in [4.69, 9.17) is 0 Å². The van der Waals surface area contributed by atoms with Gasteiger partial charge in [-0.1, -0.05) is 20.8 Å². The molecule has 0 bridgehead atoms. The van der Waals surface area contributed by atoms with Gasteiger partial charge < -0.3 is 10.6 Å². The standard InChI is InChI=1S/C10H22N2O/c1-5-10(6-2,7-3)12-8-9(13)11-4/h12H,5-8H2,1-4H3,(H,11,13). The number of likely N-dealkylation sites (N-methyl/N-ethyl adjacent to an activating group) is 1. The smallest absolute Gasteiger partial charge is 0.233 e. The summed E-state index contributed by atoms with van der Waals surface area (Å²) in [5, 5.41) is 5.93. The maximum Gasteiger partial charge on any atom is 0.233 e. The van der Waals surface area contributed by atoms with E-state index in [1.165, 1.54) is 0 Å². The van der Waals surface area contributed by atoms with E-state index < -0.39 is 0 Å². The Bertz CT molecular complexity index is 145. The zero-order valence-corrected chi connectivity index (χ0v) is 9.24. The summed E-state index contributed by atoms with van der Waals surface area (Å²) in [5.74, 6) is 0.0553. The molecule has 0 aliphatic carbocycles. The molecular formula is C10H22N2O. The van der Waals surface area contributed by atoms with E-state index in [2.05, 4.69) is 31.4 Å². The molecule has 2 N–H and O–H groups in total. The Morgan fingerprint density at radius 3 is 1.92 bits per heavy atom. The molecule has 0 atom stereocenters. The first-order chi connectivity index (χ1) is 6.14. The van der Waals surface area contributed by atoms with E-state index in [0.29, 0.717) is 6.54 Å². The fourth-order valence-corrected chi connectivity index (χ4v) is 1.48. The van der Waals surface area contributed by atoms with Crippen LogP contribution in [0.4, 0.5) is 0 Å². The molecule has 0 saturated carbocycles. The van der Waals surface area contributed by atoms with Crippen LogP contribution in [0.1, 0.15) is 40.0 Å². The third-order valence-electron chi connectivity index (χ3n) is 2.93. The Morgan fingerprint density at radius 1 is 1.15 bits per heavy atom. The normalized spacial score (nSPS) is 11.4. The summed E-state index contributed by atoms with van der Waals surface area (Å²) in [6.07, 6.45) is 3.20. The van der Waals surface area contributed by atoms with Crippen molar-refractivity contribution in [2.45, 2.75) is 45.6 Å². The van der Waals surface area contributed by atoms with Gasteiger partial charge in [0.1, 0.15) is 0 Å². The third kappa shape index (κ3) is 3.77. The second kappa shape index (κ2) is 5.97. The van der Waals surface area contributed by atoms with Gasteiger partial charge in [0.2, 0.25) is 5.91 Å². The first-order valence-electron chi connectivity index (χ1n) is 5.09. The Morgan fingerprint density at radius 2 is 1.62 bits per heavy atom. The molecule has 78 valence electrons. The lowest BCUT2D eigenvalue weighted by atomic mass is 9.90. The first kappa shape index (κ1) is 12.4. The summed E-state index contributed by atoms with van der Waals surface area (Å²) in [6.45, 7) is 6.89. The fourth-order valence-electron chi connectivity index (χ4n) is 1.48. The molecule has 3 nitrogen and oxygen atoms in total. The molecule has 0 fully saturated rings. The van der Waals surface area contributed by atoms with E-state index in [1.807, 2.05) is 0 Å². The van der Waals surface area contributed by atoms with Gasteiger partial charge in [-0.15, -0.1) is 0 Å². The summed E-state index contributed by atoms with van der Waals surface area (Å²) in [7, 11) is 1.66. The van der Waals surface area contributed by atoms with Crippen molar-refractivity contribution in [2.24, 2.45) is 0 Å². The molecule has 0 saturated heterocycles. The van der Waals surface area contributed by atoms with Gasteiger partial charge in [0.05, 0.1) is 6.54 Å². The number of rotatable bonds is 6. The van der Waals surface area contributed by atoms with Gasteiger partial charge in [0.25, 0.3) is 0 Å². The minimum absolute atomic E-state index is 0.0553. The van der Waals surface area contributed by atoms with Gasteiger partial charge in [0.15, 0.2) is 0 Å². The van der Waals surface area contributed by atoms with Crippen molar-refractivity contribution in [2.75, 3.05) is 13.6 Å². The molecule has 0 spiro atoms. The van der Waals surface area contributed by atoms with Crippen LogP contribution in [0.5, 0.6) is 0 Å². The summed E-state index contributed by atoms with van der Waals surface area (Å²) >= 11 is 0. The fraction of sp³-hybridized carbons (Fsp3) is 0.900. The summed E-state index contributed by atoms with van der Waals surface area (Å²) < 4.78 is 0. The Balaban J connectivity index is 4.02. The number of amides is 1. The molecule has 0 aliphatic rings. The highest BCUT2D eigenvalue weighted by Gasteiger charge is 2.23. The van der Waals surface area contributed by atoms with E-state index in [1.54, 1.807) is 7.05 Å². The number of carbonyl (C=O) groups is 1. The van der Waals surface area contributed by atoms with Crippen LogP contribution in [-0.2, 0) is 4.79 Å². The second-order valence-electron chi connectivity index (χ2n) is 3.37. The minimum Gasteiger partial charge on any atom is -0.358 e. The number of hydrogen-bond acceptors (Lipinski definition) is 2.